The van der Waals surface area contributed by atoms with Crippen LogP contribution in [0.25, 0.3) is 0 Å². The number of unbranched alkanes of at least 4 members (excludes halogenated alkanes) is 6. The molecule has 10 nitrogen and oxygen atoms in total. The van der Waals surface area contributed by atoms with Crippen LogP contribution in [0.3, 0.4) is 0 Å². The fourth-order valence-electron chi connectivity index (χ4n) is 3.75. The number of anilines is 1. The van der Waals surface area contributed by atoms with Crippen LogP contribution >= 0.6 is 0 Å². The van der Waals surface area contributed by atoms with Gasteiger partial charge in [-0.15, -0.1) is 0 Å². The Morgan fingerprint density at radius 2 is 1.12 bits per heavy atom. The molecule has 0 saturated heterocycles. The van der Waals surface area contributed by atoms with Gasteiger partial charge in [-0.1, -0.05) is 55.6 Å². The van der Waals surface area contributed by atoms with Crippen LogP contribution in [0.4, 0.5) is 5.69 Å². The predicted octanol–water partition coefficient (Wildman–Crippen LogP) is 5.78. The highest BCUT2D eigenvalue weighted by atomic mass is 16.5. The summed E-state index contributed by atoms with van der Waals surface area (Å²) >= 11 is 0. The van der Waals surface area contributed by atoms with E-state index in [4.69, 9.17) is 18.9 Å². The fourth-order valence-corrected chi connectivity index (χ4v) is 3.75. The zero-order valence-electron chi connectivity index (χ0n) is 24.5. The summed E-state index contributed by atoms with van der Waals surface area (Å²) in [5, 5.41) is 4.31. The van der Waals surface area contributed by atoms with Crippen LogP contribution in [-0.4, -0.2) is 56.0 Å². The smallest absolute Gasteiger partial charge is 0.359 e. The summed E-state index contributed by atoms with van der Waals surface area (Å²) in [7, 11) is 0. The molecule has 0 amide bonds. The van der Waals surface area contributed by atoms with Gasteiger partial charge in [0.05, 0.1) is 37.7 Å². The summed E-state index contributed by atoms with van der Waals surface area (Å²) in [5.74, 6) is -1.99. The van der Waals surface area contributed by atoms with Gasteiger partial charge in [0, 0.05) is 17.7 Å². The number of hydrazone groups is 1. The molecule has 2 rings (SSSR count). The highest BCUT2D eigenvalue weighted by Crippen LogP contribution is 2.17. The number of rotatable bonds is 21. The number of carbonyl (C=O) groups is 4. The first-order chi connectivity index (χ1) is 21.0. The first-order valence-corrected chi connectivity index (χ1v) is 14.4. The molecule has 2 aromatic carbocycles. The molecule has 0 aromatic heterocycles. The molecule has 1 N–H and O–H groups in total. The Morgan fingerprint density at radius 1 is 0.628 bits per heavy atom. The van der Waals surface area contributed by atoms with Crippen LogP contribution in [-0.2, 0) is 33.3 Å². The number of nitrogens with one attached hydrogen (secondary N) is 1. The molecule has 0 aliphatic heterocycles. The molecule has 0 spiro atoms. The number of benzene rings is 2. The van der Waals surface area contributed by atoms with Crippen molar-refractivity contribution in [2.75, 3.05) is 31.9 Å². The average Bonchev–Trinajstić information content (AvgIpc) is 3.03. The van der Waals surface area contributed by atoms with E-state index in [1.165, 1.54) is 0 Å². The van der Waals surface area contributed by atoms with Crippen LogP contribution in [0, 0.1) is 0 Å². The quantitative estimate of drug-likeness (QED) is 0.0479. The van der Waals surface area contributed by atoms with Crippen molar-refractivity contribution in [1.29, 1.82) is 0 Å². The normalized spacial score (nSPS) is 10.7. The van der Waals surface area contributed by atoms with Gasteiger partial charge in [0.1, 0.15) is 0 Å². The highest BCUT2D eigenvalue weighted by molar-refractivity contribution is 6.43. The molecule has 43 heavy (non-hydrogen) atoms. The van der Waals surface area contributed by atoms with Crippen molar-refractivity contribution < 1.29 is 38.1 Å². The first-order valence-electron chi connectivity index (χ1n) is 14.4. The maximum absolute atomic E-state index is 13.0. The molecule has 0 aliphatic rings. The molecule has 0 heterocycles. The largest absolute Gasteiger partial charge is 0.463 e. The zero-order valence-corrected chi connectivity index (χ0v) is 24.5. The van der Waals surface area contributed by atoms with Gasteiger partial charge < -0.3 is 18.9 Å². The SMILES string of the molecule is C=CC(=O)OCCCCCCOC(=O)/C(=N\Nc1ccccc1C(=O)OCCCCCCOC(=O)C=C)c1ccccc1. The number of carbonyl (C=O) groups excluding carboxylic acids is 4. The molecular formula is C33H40N2O8. The van der Waals surface area contributed by atoms with E-state index in [1.54, 1.807) is 48.5 Å². The third-order valence-electron chi connectivity index (χ3n) is 6.04. The van der Waals surface area contributed by atoms with Gasteiger partial charge >= 0.3 is 23.9 Å². The van der Waals surface area contributed by atoms with Crippen LogP contribution in [0.15, 0.2) is 85.0 Å². The van der Waals surface area contributed by atoms with E-state index < -0.39 is 23.9 Å². The highest BCUT2D eigenvalue weighted by Gasteiger charge is 2.17. The molecular weight excluding hydrogens is 552 g/mol. The van der Waals surface area contributed by atoms with Gasteiger partial charge in [-0.25, -0.2) is 19.2 Å². The Balaban J connectivity index is 1.88. The number of ether oxygens (including phenoxy) is 4. The van der Waals surface area contributed by atoms with Gasteiger partial charge in [-0.05, 0) is 63.5 Å². The van der Waals surface area contributed by atoms with Crippen molar-refractivity contribution in [2.45, 2.75) is 51.4 Å². The summed E-state index contributed by atoms with van der Waals surface area (Å²) in [6, 6.07) is 15.6. The third kappa shape index (κ3) is 14.1. The van der Waals surface area contributed by atoms with Crippen molar-refractivity contribution in [3.8, 4) is 0 Å². The molecule has 0 saturated carbocycles. The van der Waals surface area contributed by atoms with Crippen molar-refractivity contribution in [1.82, 2.24) is 0 Å². The van der Waals surface area contributed by atoms with E-state index in [2.05, 4.69) is 23.7 Å². The summed E-state index contributed by atoms with van der Waals surface area (Å²) < 4.78 is 20.8. The minimum atomic E-state index is -0.599. The molecule has 0 unspecified atom stereocenters. The van der Waals surface area contributed by atoms with Gasteiger partial charge in [0.15, 0.2) is 5.71 Å². The summed E-state index contributed by atoms with van der Waals surface area (Å²) in [5.41, 5.74) is 4.13. The molecule has 0 atom stereocenters. The van der Waals surface area contributed by atoms with Crippen molar-refractivity contribution in [3.05, 3.63) is 91.0 Å². The molecule has 2 aromatic rings. The monoisotopic (exact) mass is 592 g/mol. The van der Waals surface area contributed by atoms with E-state index in [-0.39, 0.29) is 24.5 Å². The van der Waals surface area contributed by atoms with Gasteiger partial charge in [0.2, 0.25) is 0 Å². The van der Waals surface area contributed by atoms with Gasteiger partial charge in [-0.3, -0.25) is 5.43 Å². The molecule has 0 fully saturated rings. The number of nitrogens with zero attached hydrogens (tertiary/aromatic N) is 1. The van der Waals surface area contributed by atoms with Crippen LogP contribution < -0.4 is 5.43 Å². The molecule has 0 aliphatic carbocycles. The predicted molar refractivity (Wildman–Crippen MR) is 164 cm³/mol. The Hall–Kier alpha value is -4.73. The zero-order chi connectivity index (χ0) is 31.1. The topological polar surface area (TPSA) is 130 Å². The second-order valence-corrected chi connectivity index (χ2v) is 9.33. The molecule has 10 heteroatoms. The number of hydrogen-bond donors (Lipinski definition) is 1. The van der Waals surface area contributed by atoms with E-state index in [0.717, 1.165) is 44.3 Å². The van der Waals surface area contributed by atoms with Crippen LogP contribution in [0.2, 0.25) is 0 Å². The van der Waals surface area contributed by atoms with Gasteiger partial charge in [0.25, 0.3) is 0 Å². The number of hydrogen-bond acceptors (Lipinski definition) is 10. The third-order valence-corrected chi connectivity index (χ3v) is 6.04. The molecule has 230 valence electrons. The van der Waals surface area contributed by atoms with Crippen LogP contribution in [0.1, 0.15) is 67.3 Å². The Morgan fingerprint density at radius 3 is 1.67 bits per heavy atom. The lowest BCUT2D eigenvalue weighted by Gasteiger charge is -2.11. The Bertz CT molecular complexity index is 1230. The van der Waals surface area contributed by atoms with Gasteiger partial charge in [-0.2, -0.15) is 5.10 Å². The lowest BCUT2D eigenvalue weighted by atomic mass is 10.1. The second-order valence-electron chi connectivity index (χ2n) is 9.33. The molecule has 0 bridgehead atoms. The number of para-hydroxylation sites is 1. The second kappa shape index (κ2) is 21.0. The summed E-state index contributed by atoms with van der Waals surface area (Å²) in [6.07, 6.45) is 8.28. The maximum Gasteiger partial charge on any atom is 0.359 e. The first kappa shape index (κ1) is 34.5. The van der Waals surface area contributed by atoms with E-state index in [1.807, 2.05) is 6.07 Å². The van der Waals surface area contributed by atoms with E-state index in [9.17, 15) is 19.2 Å². The maximum atomic E-state index is 13.0. The van der Waals surface area contributed by atoms with E-state index >= 15 is 0 Å². The Kier molecular flexibility index (Phi) is 16.9. The summed E-state index contributed by atoms with van der Waals surface area (Å²) in [4.78, 5) is 47.8. The standard InChI is InChI=1S/C33H40N2O8/c1-3-29(36)40-22-14-5-7-16-24-42-32(38)27-20-12-13-21-28(27)34-35-31(26-18-10-9-11-19-26)33(39)43-25-17-8-6-15-23-41-30(37)4-2/h3-4,9-13,18-21,34H,1-2,5-8,14-17,22-25H2/b35-31-. The van der Waals surface area contributed by atoms with Crippen molar-refractivity contribution in [2.24, 2.45) is 5.10 Å². The average molecular weight is 593 g/mol. The number of esters is 4. The lowest BCUT2D eigenvalue weighted by Crippen LogP contribution is -2.21. The minimum absolute atomic E-state index is 0.0684. The van der Waals surface area contributed by atoms with Crippen molar-refractivity contribution in [3.63, 3.8) is 0 Å². The molecule has 0 radical (unpaired) electrons. The van der Waals surface area contributed by atoms with E-state index in [0.29, 0.717) is 43.7 Å². The Labute approximate surface area is 252 Å². The minimum Gasteiger partial charge on any atom is -0.463 e. The lowest BCUT2D eigenvalue weighted by molar-refractivity contribution is -0.138. The van der Waals surface area contributed by atoms with Crippen molar-refractivity contribution >= 4 is 35.3 Å². The van der Waals surface area contributed by atoms with Crippen LogP contribution in [0.5, 0.6) is 0 Å². The fraction of sp³-hybridized carbons (Fsp3) is 0.364. The summed E-state index contributed by atoms with van der Waals surface area (Å²) in [6.45, 7) is 7.81.